The average molecular weight is 277 g/mol. The fourth-order valence-electron chi connectivity index (χ4n) is 1.66. The molecule has 1 unspecified atom stereocenters. The normalized spacial score (nSPS) is 18.9. The number of hydrogen-bond donors (Lipinski definition) is 1. The molecule has 5 heteroatoms. The Morgan fingerprint density at radius 1 is 1.50 bits per heavy atom. The lowest BCUT2D eigenvalue weighted by Gasteiger charge is -2.05. The van der Waals surface area contributed by atoms with E-state index in [0.717, 1.165) is 10.4 Å². The molecule has 1 fully saturated rings. The molecule has 2 rings (SSSR count). The van der Waals surface area contributed by atoms with Gasteiger partial charge in [0.25, 0.3) is 0 Å². The number of nitrogens with zero attached hydrogens (tertiary/aromatic N) is 1. The van der Waals surface area contributed by atoms with E-state index in [1.54, 1.807) is 0 Å². The lowest BCUT2D eigenvalue weighted by Crippen LogP contribution is -2.17. The number of halogens is 2. The van der Waals surface area contributed by atoms with Crippen molar-refractivity contribution in [2.24, 2.45) is 16.6 Å². The maximum atomic E-state index is 6.02. The first kappa shape index (κ1) is 12.2. The second-order valence-electron chi connectivity index (χ2n) is 4.24. The van der Waals surface area contributed by atoms with Crippen molar-refractivity contribution < 1.29 is 0 Å². The van der Waals surface area contributed by atoms with Crippen molar-refractivity contribution in [3.8, 4) is 0 Å². The fraction of sp³-hybridized carbons (Fsp3) is 0.545. The van der Waals surface area contributed by atoms with Crippen LogP contribution >= 0.6 is 34.5 Å². The van der Waals surface area contributed by atoms with Crippen molar-refractivity contribution in [3.05, 3.63) is 19.8 Å². The Hall–Kier alpha value is -0.250. The molecule has 1 heterocycles. The zero-order chi connectivity index (χ0) is 11.9. The molecular formula is C11H14Cl2N2S. The third kappa shape index (κ3) is 2.36. The van der Waals surface area contributed by atoms with Crippen LogP contribution in [0.4, 0.5) is 0 Å². The molecule has 16 heavy (non-hydrogen) atoms. The first-order valence-corrected chi connectivity index (χ1v) is 6.86. The van der Waals surface area contributed by atoms with Crippen LogP contribution in [-0.2, 0) is 0 Å². The summed E-state index contributed by atoms with van der Waals surface area (Å²) < 4.78 is 0.589. The molecule has 0 aromatic carbocycles. The molecule has 1 atom stereocenters. The summed E-state index contributed by atoms with van der Waals surface area (Å²) in [5.41, 5.74) is 6.92. The SMILES string of the molecule is Cc1c(C(N)=NC(C)C2CC2)sc(Cl)c1Cl. The maximum absolute atomic E-state index is 6.02. The summed E-state index contributed by atoms with van der Waals surface area (Å²) in [5, 5.41) is 0.596. The topological polar surface area (TPSA) is 38.4 Å². The number of thiophene rings is 1. The van der Waals surface area contributed by atoms with Gasteiger partial charge in [-0.3, -0.25) is 4.99 Å². The van der Waals surface area contributed by atoms with Crippen molar-refractivity contribution in [1.82, 2.24) is 0 Å². The van der Waals surface area contributed by atoms with Crippen LogP contribution in [0.25, 0.3) is 0 Å². The zero-order valence-corrected chi connectivity index (χ0v) is 11.6. The number of aliphatic imine (C=N–C) groups is 1. The van der Waals surface area contributed by atoms with E-state index < -0.39 is 0 Å². The zero-order valence-electron chi connectivity index (χ0n) is 9.26. The van der Waals surface area contributed by atoms with Gasteiger partial charge in [0.15, 0.2) is 0 Å². The minimum absolute atomic E-state index is 0.305. The quantitative estimate of drug-likeness (QED) is 0.661. The van der Waals surface area contributed by atoms with Crippen LogP contribution in [0.15, 0.2) is 4.99 Å². The molecule has 88 valence electrons. The molecule has 1 saturated carbocycles. The molecule has 0 amide bonds. The van der Waals surface area contributed by atoms with E-state index in [2.05, 4.69) is 11.9 Å². The van der Waals surface area contributed by atoms with Gasteiger partial charge in [-0.25, -0.2) is 0 Å². The molecule has 0 saturated heterocycles. The number of amidine groups is 1. The molecule has 0 spiro atoms. The maximum Gasteiger partial charge on any atom is 0.136 e. The van der Waals surface area contributed by atoms with Crippen molar-refractivity contribution in [2.45, 2.75) is 32.7 Å². The molecular weight excluding hydrogens is 263 g/mol. The van der Waals surface area contributed by atoms with Gasteiger partial charge >= 0.3 is 0 Å². The first-order valence-electron chi connectivity index (χ1n) is 5.28. The van der Waals surface area contributed by atoms with Gasteiger partial charge in [-0.05, 0) is 38.2 Å². The summed E-state index contributed by atoms with van der Waals surface area (Å²) in [7, 11) is 0. The highest BCUT2D eigenvalue weighted by molar-refractivity contribution is 7.19. The van der Waals surface area contributed by atoms with E-state index in [1.807, 2.05) is 6.92 Å². The molecule has 1 aliphatic carbocycles. The second kappa shape index (κ2) is 4.55. The fourth-order valence-corrected chi connectivity index (χ4v) is 3.14. The Labute approximate surface area is 109 Å². The lowest BCUT2D eigenvalue weighted by molar-refractivity contribution is 0.652. The van der Waals surface area contributed by atoms with E-state index in [4.69, 9.17) is 28.9 Å². The van der Waals surface area contributed by atoms with Crippen molar-refractivity contribution in [2.75, 3.05) is 0 Å². The highest BCUT2D eigenvalue weighted by atomic mass is 35.5. The van der Waals surface area contributed by atoms with Gasteiger partial charge < -0.3 is 5.73 Å². The summed E-state index contributed by atoms with van der Waals surface area (Å²) in [6.45, 7) is 4.03. The van der Waals surface area contributed by atoms with Gasteiger partial charge in [-0.1, -0.05) is 23.2 Å². The van der Waals surface area contributed by atoms with Gasteiger partial charge in [0, 0.05) is 0 Å². The highest BCUT2D eigenvalue weighted by Gasteiger charge is 2.28. The Bertz CT molecular complexity index is 435. The number of rotatable bonds is 3. The van der Waals surface area contributed by atoms with Crippen LogP contribution < -0.4 is 5.73 Å². The average Bonchev–Trinajstić information content (AvgIpc) is 3.03. The Balaban J connectivity index is 2.25. The first-order chi connectivity index (χ1) is 7.50. The Morgan fingerprint density at radius 3 is 2.56 bits per heavy atom. The smallest absolute Gasteiger partial charge is 0.136 e. The summed E-state index contributed by atoms with van der Waals surface area (Å²) in [6.07, 6.45) is 2.53. The molecule has 1 aliphatic rings. The van der Waals surface area contributed by atoms with Crippen LogP contribution in [0, 0.1) is 12.8 Å². The molecule has 0 bridgehead atoms. The third-order valence-corrected chi connectivity index (χ3v) is 5.12. The predicted molar refractivity (Wildman–Crippen MR) is 72.0 cm³/mol. The van der Waals surface area contributed by atoms with E-state index >= 15 is 0 Å². The van der Waals surface area contributed by atoms with Gasteiger partial charge in [0.2, 0.25) is 0 Å². The van der Waals surface area contributed by atoms with Crippen LogP contribution in [0.3, 0.4) is 0 Å². The number of nitrogens with two attached hydrogens (primary N) is 1. The monoisotopic (exact) mass is 276 g/mol. The minimum Gasteiger partial charge on any atom is -0.383 e. The highest BCUT2D eigenvalue weighted by Crippen LogP contribution is 2.37. The Morgan fingerprint density at radius 2 is 2.12 bits per heavy atom. The summed E-state index contributed by atoms with van der Waals surface area (Å²) in [5.74, 6) is 1.28. The minimum atomic E-state index is 0.305. The molecule has 0 radical (unpaired) electrons. The third-order valence-electron chi connectivity index (χ3n) is 2.91. The standard InChI is InChI=1S/C11H14Cl2N2S/c1-5-8(12)10(13)16-9(5)11(14)15-6(2)7-3-4-7/h6-7H,3-4H2,1-2H3,(H2,14,15). The van der Waals surface area contributed by atoms with Crippen LogP contribution in [0.2, 0.25) is 9.36 Å². The van der Waals surface area contributed by atoms with Gasteiger partial charge in [-0.2, -0.15) is 0 Å². The Kier molecular flexibility index (Phi) is 3.48. The lowest BCUT2D eigenvalue weighted by atomic mass is 10.2. The van der Waals surface area contributed by atoms with E-state index in [1.165, 1.54) is 24.2 Å². The largest absolute Gasteiger partial charge is 0.383 e. The van der Waals surface area contributed by atoms with Crippen LogP contribution in [-0.4, -0.2) is 11.9 Å². The molecule has 1 aromatic rings. The predicted octanol–water partition coefficient (Wildman–Crippen LogP) is 3.87. The number of hydrogen-bond acceptors (Lipinski definition) is 2. The van der Waals surface area contributed by atoms with Crippen molar-refractivity contribution >= 4 is 40.4 Å². The molecule has 2 N–H and O–H groups in total. The van der Waals surface area contributed by atoms with Gasteiger partial charge in [0.1, 0.15) is 10.2 Å². The van der Waals surface area contributed by atoms with E-state index in [-0.39, 0.29) is 0 Å². The van der Waals surface area contributed by atoms with E-state index in [0.29, 0.717) is 27.2 Å². The van der Waals surface area contributed by atoms with Gasteiger partial charge in [-0.15, -0.1) is 11.3 Å². The van der Waals surface area contributed by atoms with Crippen molar-refractivity contribution in [3.63, 3.8) is 0 Å². The van der Waals surface area contributed by atoms with E-state index in [9.17, 15) is 0 Å². The molecule has 1 aromatic heterocycles. The van der Waals surface area contributed by atoms with Crippen LogP contribution in [0.5, 0.6) is 0 Å². The molecule has 2 nitrogen and oxygen atoms in total. The van der Waals surface area contributed by atoms with Crippen molar-refractivity contribution in [1.29, 1.82) is 0 Å². The molecule has 0 aliphatic heterocycles. The summed E-state index contributed by atoms with van der Waals surface area (Å²) >= 11 is 13.4. The summed E-state index contributed by atoms with van der Waals surface area (Å²) in [6, 6.07) is 0.305. The van der Waals surface area contributed by atoms with Crippen LogP contribution in [0.1, 0.15) is 30.2 Å². The van der Waals surface area contributed by atoms with Gasteiger partial charge in [0.05, 0.1) is 15.9 Å². The summed E-state index contributed by atoms with van der Waals surface area (Å²) in [4.78, 5) is 5.42. The second-order valence-corrected chi connectivity index (χ2v) is 6.24.